The van der Waals surface area contributed by atoms with Crippen molar-refractivity contribution in [1.82, 2.24) is 0 Å². The molecule has 0 fully saturated rings. The molecule has 0 saturated carbocycles. The van der Waals surface area contributed by atoms with Crippen molar-refractivity contribution in [3.05, 3.63) is 37.0 Å². The van der Waals surface area contributed by atoms with Crippen molar-refractivity contribution >= 4 is 0 Å². The van der Waals surface area contributed by atoms with E-state index in [4.69, 9.17) is 5.73 Å². The summed E-state index contributed by atoms with van der Waals surface area (Å²) in [7, 11) is 0. The third kappa shape index (κ3) is 7.54. The van der Waals surface area contributed by atoms with Crippen LogP contribution in [-0.2, 0) is 0 Å². The predicted molar refractivity (Wildman–Crippen MR) is 60.5 cm³/mol. The molecule has 0 radical (unpaired) electrons. The van der Waals surface area contributed by atoms with Gasteiger partial charge in [-0.25, -0.2) is 0 Å². The van der Waals surface area contributed by atoms with Gasteiger partial charge in [-0.2, -0.15) is 0 Å². The zero-order valence-electron chi connectivity index (χ0n) is 8.96. The Kier molecular flexibility index (Phi) is 5.40. The van der Waals surface area contributed by atoms with Crippen molar-refractivity contribution < 1.29 is 0 Å². The van der Waals surface area contributed by atoms with Crippen molar-refractivity contribution in [3.8, 4) is 0 Å². The highest BCUT2D eigenvalue weighted by molar-refractivity contribution is 5.09. The number of allylic oxidation sites excluding steroid dienone is 4. The molecule has 0 aliphatic carbocycles. The lowest BCUT2D eigenvalue weighted by Gasteiger charge is -2.16. The molecule has 0 saturated heterocycles. The molecule has 0 aromatic heterocycles. The molecule has 0 aliphatic heterocycles. The lowest BCUT2D eigenvalue weighted by Crippen LogP contribution is -2.10. The van der Waals surface area contributed by atoms with E-state index in [1.54, 1.807) is 0 Å². The van der Waals surface area contributed by atoms with Gasteiger partial charge in [-0.15, -0.1) is 6.58 Å². The molecule has 1 atom stereocenters. The Hall–Kier alpha value is -0.820. The van der Waals surface area contributed by atoms with Gasteiger partial charge >= 0.3 is 0 Å². The quantitative estimate of drug-likeness (QED) is 0.509. The molecule has 0 rings (SSSR count). The summed E-state index contributed by atoms with van der Waals surface area (Å²) in [4.78, 5) is 0. The van der Waals surface area contributed by atoms with Crippen LogP contribution in [-0.4, -0.2) is 6.04 Å². The van der Waals surface area contributed by atoms with Crippen LogP contribution in [0.1, 0.15) is 27.2 Å². The zero-order chi connectivity index (χ0) is 10.3. The molecule has 1 unspecified atom stereocenters. The fraction of sp³-hybridized carbons (Fsp3) is 0.500. The summed E-state index contributed by atoms with van der Waals surface area (Å²) in [6, 6.07) is 0.132. The number of hydrogen-bond donors (Lipinski definition) is 1. The molecule has 0 aromatic carbocycles. The maximum Gasteiger partial charge on any atom is 0.0197 e. The summed E-state index contributed by atoms with van der Waals surface area (Å²) in [5, 5.41) is 0. The monoisotopic (exact) mass is 179 g/mol. The minimum atomic E-state index is 0.132. The molecule has 0 aromatic rings. The van der Waals surface area contributed by atoms with Crippen molar-refractivity contribution in [1.29, 1.82) is 0 Å². The minimum absolute atomic E-state index is 0.132. The molecule has 1 nitrogen and oxygen atoms in total. The van der Waals surface area contributed by atoms with Crippen LogP contribution in [0.2, 0.25) is 0 Å². The largest absolute Gasteiger partial charge is 0.325 e. The molecule has 0 aliphatic rings. The van der Waals surface area contributed by atoms with E-state index in [1.165, 1.54) is 0 Å². The van der Waals surface area contributed by atoms with Crippen LogP contribution in [0.4, 0.5) is 0 Å². The predicted octanol–water partition coefficient (Wildman–Crippen LogP) is 3.05. The van der Waals surface area contributed by atoms with Crippen molar-refractivity contribution in [2.24, 2.45) is 11.1 Å². The van der Waals surface area contributed by atoms with Crippen molar-refractivity contribution in [2.45, 2.75) is 33.2 Å². The number of hydrogen-bond acceptors (Lipinski definition) is 1. The summed E-state index contributed by atoms with van der Waals surface area (Å²) in [5.41, 5.74) is 5.76. The highest BCUT2D eigenvalue weighted by Gasteiger charge is 2.09. The molecule has 0 amide bonds. The standard InChI is InChI=1S/C12H21N/c1-5-9-12(3,4)10-7-6-8-11(2)13/h5-8,10-11H,1,9,13H2,2-4H3/b8-6-,10-7+. The van der Waals surface area contributed by atoms with E-state index in [0.717, 1.165) is 6.42 Å². The molecular formula is C12H21N. The van der Waals surface area contributed by atoms with Crippen LogP contribution in [0.15, 0.2) is 37.0 Å². The van der Waals surface area contributed by atoms with Crippen LogP contribution in [0.3, 0.4) is 0 Å². The third-order valence-corrected chi connectivity index (χ3v) is 1.74. The van der Waals surface area contributed by atoms with Crippen molar-refractivity contribution in [2.75, 3.05) is 0 Å². The normalized spacial score (nSPS) is 15.4. The first-order valence-corrected chi connectivity index (χ1v) is 4.70. The van der Waals surface area contributed by atoms with E-state index in [1.807, 2.05) is 31.2 Å². The molecule has 0 heterocycles. The highest BCUT2D eigenvalue weighted by atomic mass is 14.6. The van der Waals surface area contributed by atoms with Gasteiger partial charge in [0.05, 0.1) is 0 Å². The molecule has 0 bridgehead atoms. The second-order valence-corrected chi connectivity index (χ2v) is 4.08. The number of rotatable bonds is 5. The minimum Gasteiger partial charge on any atom is -0.325 e. The van der Waals surface area contributed by atoms with Gasteiger partial charge in [-0.3, -0.25) is 0 Å². The van der Waals surface area contributed by atoms with Crippen LogP contribution >= 0.6 is 0 Å². The van der Waals surface area contributed by atoms with E-state index in [-0.39, 0.29) is 11.5 Å². The van der Waals surface area contributed by atoms with Crippen LogP contribution in [0, 0.1) is 5.41 Å². The summed E-state index contributed by atoms with van der Waals surface area (Å²) < 4.78 is 0. The molecule has 1 heteroatoms. The van der Waals surface area contributed by atoms with Gasteiger partial charge in [0.15, 0.2) is 0 Å². The Morgan fingerprint density at radius 2 is 2.00 bits per heavy atom. The Bertz CT molecular complexity index is 197. The van der Waals surface area contributed by atoms with E-state index in [2.05, 4.69) is 26.5 Å². The Morgan fingerprint density at radius 3 is 2.46 bits per heavy atom. The van der Waals surface area contributed by atoms with Crippen LogP contribution < -0.4 is 5.73 Å². The maximum atomic E-state index is 5.56. The summed E-state index contributed by atoms with van der Waals surface area (Å²) >= 11 is 0. The molecule has 2 N–H and O–H groups in total. The lowest BCUT2D eigenvalue weighted by molar-refractivity contribution is 0.489. The first-order valence-electron chi connectivity index (χ1n) is 4.70. The first-order chi connectivity index (χ1) is 5.98. The van der Waals surface area contributed by atoms with E-state index < -0.39 is 0 Å². The van der Waals surface area contributed by atoms with E-state index >= 15 is 0 Å². The Morgan fingerprint density at radius 1 is 1.38 bits per heavy atom. The SMILES string of the molecule is C=CCC(C)(C)/C=C/C=C\C(C)N. The van der Waals surface area contributed by atoms with Crippen molar-refractivity contribution in [3.63, 3.8) is 0 Å². The summed E-state index contributed by atoms with van der Waals surface area (Å²) in [5.74, 6) is 0. The van der Waals surface area contributed by atoms with Gasteiger partial charge in [0.1, 0.15) is 0 Å². The Balaban J connectivity index is 4.02. The van der Waals surface area contributed by atoms with Gasteiger partial charge in [0, 0.05) is 6.04 Å². The zero-order valence-corrected chi connectivity index (χ0v) is 8.96. The second kappa shape index (κ2) is 5.76. The fourth-order valence-electron chi connectivity index (χ4n) is 0.996. The van der Waals surface area contributed by atoms with E-state index in [0.29, 0.717) is 0 Å². The summed E-state index contributed by atoms with van der Waals surface area (Å²) in [6.45, 7) is 10.1. The number of nitrogens with two attached hydrogens (primary N) is 1. The first kappa shape index (κ1) is 12.2. The average Bonchev–Trinajstić information content (AvgIpc) is 1.98. The Labute approximate surface area is 82.0 Å². The van der Waals surface area contributed by atoms with Crippen LogP contribution in [0.25, 0.3) is 0 Å². The second-order valence-electron chi connectivity index (χ2n) is 4.08. The molecular weight excluding hydrogens is 158 g/mol. The third-order valence-electron chi connectivity index (χ3n) is 1.74. The smallest absolute Gasteiger partial charge is 0.0197 e. The van der Waals surface area contributed by atoms with Gasteiger partial charge in [-0.05, 0) is 18.8 Å². The van der Waals surface area contributed by atoms with Gasteiger partial charge in [-0.1, -0.05) is 44.2 Å². The molecule has 74 valence electrons. The fourth-order valence-corrected chi connectivity index (χ4v) is 0.996. The topological polar surface area (TPSA) is 26.0 Å². The van der Waals surface area contributed by atoms with Gasteiger partial charge in [0.2, 0.25) is 0 Å². The summed E-state index contributed by atoms with van der Waals surface area (Å²) in [6.07, 6.45) is 11.1. The average molecular weight is 179 g/mol. The maximum absolute atomic E-state index is 5.56. The highest BCUT2D eigenvalue weighted by Crippen LogP contribution is 2.22. The van der Waals surface area contributed by atoms with Crippen LogP contribution in [0.5, 0.6) is 0 Å². The van der Waals surface area contributed by atoms with Gasteiger partial charge < -0.3 is 5.73 Å². The van der Waals surface area contributed by atoms with E-state index in [9.17, 15) is 0 Å². The lowest BCUT2D eigenvalue weighted by atomic mass is 9.89. The molecule has 13 heavy (non-hydrogen) atoms. The molecule has 0 spiro atoms. The van der Waals surface area contributed by atoms with Gasteiger partial charge in [0.25, 0.3) is 0 Å².